The standard InChI is InChI=1S/C13H26N2O3/c1-17-9-4-7-15(8-10-18-2)13(16)12-5-3-6-14-11-12/h12,14H,3-11H2,1-2H3/t12-/m1/s1. The minimum Gasteiger partial charge on any atom is -0.385 e. The lowest BCUT2D eigenvalue weighted by Gasteiger charge is -2.29. The largest absolute Gasteiger partial charge is 0.385 e. The maximum absolute atomic E-state index is 12.4. The van der Waals surface area contributed by atoms with Gasteiger partial charge >= 0.3 is 0 Å². The maximum atomic E-state index is 12.4. The number of carbonyl (C=O) groups excluding carboxylic acids is 1. The molecule has 1 fully saturated rings. The number of rotatable bonds is 8. The lowest BCUT2D eigenvalue weighted by molar-refractivity contribution is -0.136. The predicted octanol–water partition coefficient (Wildman–Crippen LogP) is 0.498. The van der Waals surface area contributed by atoms with Crippen molar-refractivity contribution in [3.8, 4) is 0 Å². The molecular weight excluding hydrogens is 232 g/mol. The average Bonchev–Trinajstić information content (AvgIpc) is 2.43. The fourth-order valence-corrected chi connectivity index (χ4v) is 2.25. The van der Waals surface area contributed by atoms with Crippen molar-refractivity contribution in [3.63, 3.8) is 0 Å². The molecule has 0 radical (unpaired) electrons. The number of ether oxygens (including phenoxy) is 2. The molecule has 1 amide bonds. The first-order chi connectivity index (χ1) is 8.79. The number of hydrogen-bond donors (Lipinski definition) is 1. The fraction of sp³-hybridized carbons (Fsp3) is 0.923. The molecule has 106 valence electrons. The number of hydrogen-bond acceptors (Lipinski definition) is 4. The molecule has 0 aliphatic carbocycles. The summed E-state index contributed by atoms with van der Waals surface area (Å²) in [6, 6.07) is 0. The molecule has 1 heterocycles. The van der Waals surface area contributed by atoms with Gasteiger partial charge in [-0.3, -0.25) is 4.79 Å². The van der Waals surface area contributed by atoms with Gasteiger partial charge in [-0.15, -0.1) is 0 Å². The third kappa shape index (κ3) is 5.33. The number of nitrogens with one attached hydrogen (secondary N) is 1. The summed E-state index contributed by atoms with van der Waals surface area (Å²) in [6.45, 7) is 4.57. The van der Waals surface area contributed by atoms with Crippen molar-refractivity contribution >= 4 is 5.91 Å². The van der Waals surface area contributed by atoms with Crippen LogP contribution in [-0.4, -0.2) is 64.4 Å². The van der Waals surface area contributed by atoms with Gasteiger partial charge < -0.3 is 19.7 Å². The SMILES string of the molecule is COCCCN(CCOC)C(=O)[C@@H]1CCCNC1. The zero-order valence-corrected chi connectivity index (χ0v) is 11.6. The lowest BCUT2D eigenvalue weighted by atomic mass is 9.98. The Bertz CT molecular complexity index is 230. The van der Waals surface area contributed by atoms with Crippen LogP contribution in [0.15, 0.2) is 0 Å². The van der Waals surface area contributed by atoms with Gasteiger partial charge in [0.15, 0.2) is 0 Å². The Kier molecular flexibility index (Phi) is 7.96. The van der Waals surface area contributed by atoms with Crippen molar-refractivity contribution in [2.75, 3.05) is 53.6 Å². The van der Waals surface area contributed by atoms with Crippen molar-refractivity contribution in [2.45, 2.75) is 19.3 Å². The van der Waals surface area contributed by atoms with Crippen LogP contribution < -0.4 is 5.32 Å². The molecule has 1 atom stereocenters. The van der Waals surface area contributed by atoms with E-state index in [1.54, 1.807) is 14.2 Å². The van der Waals surface area contributed by atoms with Crippen LogP contribution >= 0.6 is 0 Å². The second-order valence-electron chi connectivity index (χ2n) is 4.71. The van der Waals surface area contributed by atoms with E-state index in [9.17, 15) is 4.79 Å². The van der Waals surface area contributed by atoms with Crippen LogP contribution in [-0.2, 0) is 14.3 Å². The van der Waals surface area contributed by atoms with Crippen molar-refractivity contribution in [2.24, 2.45) is 5.92 Å². The molecule has 5 nitrogen and oxygen atoms in total. The van der Waals surface area contributed by atoms with Crippen LogP contribution in [0.5, 0.6) is 0 Å². The summed E-state index contributed by atoms with van der Waals surface area (Å²) in [5.74, 6) is 0.397. The van der Waals surface area contributed by atoms with Gasteiger partial charge in [-0.2, -0.15) is 0 Å². The van der Waals surface area contributed by atoms with E-state index >= 15 is 0 Å². The van der Waals surface area contributed by atoms with E-state index in [-0.39, 0.29) is 11.8 Å². The van der Waals surface area contributed by atoms with E-state index in [1.165, 1.54) is 0 Å². The Labute approximate surface area is 110 Å². The first kappa shape index (κ1) is 15.4. The van der Waals surface area contributed by atoms with Crippen molar-refractivity contribution in [3.05, 3.63) is 0 Å². The van der Waals surface area contributed by atoms with Gasteiger partial charge in [-0.05, 0) is 25.8 Å². The molecule has 18 heavy (non-hydrogen) atoms. The molecule has 0 aromatic rings. The second kappa shape index (κ2) is 9.30. The van der Waals surface area contributed by atoms with Crippen molar-refractivity contribution in [1.82, 2.24) is 10.2 Å². The molecule has 0 saturated carbocycles. The van der Waals surface area contributed by atoms with E-state index in [1.807, 2.05) is 4.90 Å². The van der Waals surface area contributed by atoms with E-state index in [2.05, 4.69) is 5.32 Å². The highest BCUT2D eigenvalue weighted by atomic mass is 16.5. The van der Waals surface area contributed by atoms with E-state index in [0.29, 0.717) is 19.8 Å². The minimum absolute atomic E-state index is 0.137. The predicted molar refractivity (Wildman–Crippen MR) is 70.5 cm³/mol. The van der Waals surface area contributed by atoms with Gasteiger partial charge in [-0.1, -0.05) is 0 Å². The Hall–Kier alpha value is -0.650. The van der Waals surface area contributed by atoms with E-state index < -0.39 is 0 Å². The van der Waals surface area contributed by atoms with Crippen LogP contribution in [0.25, 0.3) is 0 Å². The van der Waals surface area contributed by atoms with Crippen LogP contribution in [0.4, 0.5) is 0 Å². The summed E-state index contributed by atoms with van der Waals surface area (Å²) in [7, 11) is 3.35. The normalized spacial score (nSPS) is 19.8. The van der Waals surface area contributed by atoms with Gasteiger partial charge in [0.2, 0.25) is 5.91 Å². The first-order valence-electron chi connectivity index (χ1n) is 6.77. The molecule has 0 aromatic heterocycles. The number of piperidine rings is 1. The highest BCUT2D eigenvalue weighted by molar-refractivity contribution is 5.79. The topological polar surface area (TPSA) is 50.8 Å². The van der Waals surface area contributed by atoms with E-state index in [4.69, 9.17) is 9.47 Å². The summed E-state index contributed by atoms with van der Waals surface area (Å²) in [5.41, 5.74) is 0. The molecule has 0 spiro atoms. The molecule has 1 aliphatic rings. The molecule has 0 aromatic carbocycles. The molecule has 1 aliphatic heterocycles. The highest BCUT2D eigenvalue weighted by Gasteiger charge is 2.25. The van der Waals surface area contributed by atoms with Crippen molar-refractivity contribution < 1.29 is 14.3 Å². The number of nitrogens with zero attached hydrogens (tertiary/aromatic N) is 1. The van der Waals surface area contributed by atoms with Gasteiger partial charge in [0.1, 0.15) is 0 Å². The monoisotopic (exact) mass is 258 g/mol. The summed E-state index contributed by atoms with van der Waals surface area (Å²) in [5, 5.41) is 3.29. The van der Waals surface area contributed by atoms with Gasteiger partial charge in [0.05, 0.1) is 12.5 Å². The molecule has 0 bridgehead atoms. The zero-order chi connectivity index (χ0) is 13.2. The van der Waals surface area contributed by atoms with Gasteiger partial charge in [0, 0.05) is 40.5 Å². The minimum atomic E-state index is 0.137. The zero-order valence-electron chi connectivity index (χ0n) is 11.6. The molecule has 5 heteroatoms. The van der Waals surface area contributed by atoms with Crippen LogP contribution in [0.1, 0.15) is 19.3 Å². The third-order valence-electron chi connectivity index (χ3n) is 3.30. The molecule has 1 N–H and O–H groups in total. The summed E-state index contributed by atoms with van der Waals surface area (Å²) < 4.78 is 10.1. The Morgan fingerprint density at radius 3 is 2.67 bits per heavy atom. The molecule has 1 rings (SSSR count). The summed E-state index contributed by atoms with van der Waals surface area (Å²) in [6.07, 6.45) is 2.97. The summed E-state index contributed by atoms with van der Waals surface area (Å²) >= 11 is 0. The van der Waals surface area contributed by atoms with Crippen LogP contribution in [0.3, 0.4) is 0 Å². The number of methoxy groups -OCH3 is 2. The number of amides is 1. The third-order valence-corrected chi connectivity index (χ3v) is 3.30. The molecule has 1 saturated heterocycles. The average molecular weight is 258 g/mol. The van der Waals surface area contributed by atoms with Crippen LogP contribution in [0, 0.1) is 5.92 Å². The Morgan fingerprint density at radius 2 is 2.06 bits per heavy atom. The first-order valence-corrected chi connectivity index (χ1v) is 6.77. The summed E-state index contributed by atoms with van der Waals surface area (Å²) in [4.78, 5) is 14.3. The van der Waals surface area contributed by atoms with Gasteiger partial charge in [-0.25, -0.2) is 0 Å². The second-order valence-corrected chi connectivity index (χ2v) is 4.71. The van der Waals surface area contributed by atoms with Crippen molar-refractivity contribution in [1.29, 1.82) is 0 Å². The fourth-order valence-electron chi connectivity index (χ4n) is 2.25. The maximum Gasteiger partial charge on any atom is 0.227 e. The molecule has 0 unspecified atom stereocenters. The highest BCUT2D eigenvalue weighted by Crippen LogP contribution is 2.13. The quantitative estimate of drug-likeness (QED) is 0.644. The smallest absolute Gasteiger partial charge is 0.227 e. The van der Waals surface area contributed by atoms with E-state index in [0.717, 1.165) is 38.9 Å². The Balaban J connectivity index is 2.42. The van der Waals surface area contributed by atoms with Gasteiger partial charge in [0.25, 0.3) is 0 Å². The van der Waals surface area contributed by atoms with Crippen LogP contribution in [0.2, 0.25) is 0 Å². The Morgan fingerprint density at radius 1 is 1.28 bits per heavy atom. The molecular formula is C13H26N2O3. The lowest BCUT2D eigenvalue weighted by Crippen LogP contribution is -2.44. The number of carbonyl (C=O) groups is 1.